The van der Waals surface area contributed by atoms with Crippen LogP contribution in [0.1, 0.15) is 29.9 Å². The van der Waals surface area contributed by atoms with Crippen molar-refractivity contribution in [1.82, 2.24) is 25.3 Å². The van der Waals surface area contributed by atoms with Gasteiger partial charge in [-0.15, -0.1) is 5.10 Å². The van der Waals surface area contributed by atoms with Crippen molar-refractivity contribution in [2.45, 2.75) is 32.5 Å². The Bertz CT molecular complexity index is 1480. The van der Waals surface area contributed by atoms with E-state index in [4.69, 9.17) is 4.42 Å². The number of para-hydroxylation sites is 1. The summed E-state index contributed by atoms with van der Waals surface area (Å²) < 4.78 is 6.93. The van der Waals surface area contributed by atoms with E-state index in [-0.39, 0.29) is 24.9 Å². The number of furan rings is 1. The lowest BCUT2D eigenvalue weighted by Crippen LogP contribution is -2.45. The van der Waals surface area contributed by atoms with Crippen molar-refractivity contribution in [1.29, 1.82) is 0 Å². The average Bonchev–Trinajstić information content (AvgIpc) is 3.61. The molecule has 0 aliphatic rings. The van der Waals surface area contributed by atoms with Crippen molar-refractivity contribution in [2.75, 3.05) is 4.90 Å². The molecule has 0 saturated carbocycles. The number of hydrogen-bond acceptors (Lipinski definition) is 6. The first-order valence-electron chi connectivity index (χ1n) is 12.0. The zero-order valence-electron chi connectivity index (χ0n) is 20.3. The van der Waals surface area contributed by atoms with E-state index in [1.807, 2.05) is 48.5 Å². The maximum absolute atomic E-state index is 14.0. The van der Waals surface area contributed by atoms with Gasteiger partial charge < -0.3 is 9.73 Å². The van der Waals surface area contributed by atoms with Gasteiger partial charge in [-0.25, -0.2) is 4.68 Å². The molecule has 0 bridgehead atoms. The summed E-state index contributed by atoms with van der Waals surface area (Å²) in [4.78, 5) is 33.3. The monoisotopic (exact) mass is 494 g/mol. The van der Waals surface area contributed by atoms with Gasteiger partial charge in [0.15, 0.2) is 0 Å². The molecule has 3 heterocycles. The van der Waals surface area contributed by atoms with Gasteiger partial charge in [0.05, 0.1) is 18.3 Å². The van der Waals surface area contributed by atoms with Gasteiger partial charge in [0.1, 0.15) is 23.9 Å². The Balaban J connectivity index is 1.54. The summed E-state index contributed by atoms with van der Waals surface area (Å²) in [5.74, 6) is -0.0464. The van der Waals surface area contributed by atoms with Crippen LogP contribution in [-0.2, 0) is 29.1 Å². The van der Waals surface area contributed by atoms with Crippen LogP contribution in [0, 0.1) is 0 Å². The fourth-order valence-electron chi connectivity index (χ4n) is 4.22. The molecule has 37 heavy (non-hydrogen) atoms. The van der Waals surface area contributed by atoms with Crippen LogP contribution in [0.15, 0.2) is 95.9 Å². The molecule has 1 unspecified atom stereocenters. The minimum absolute atomic E-state index is 0.0942. The average molecular weight is 495 g/mol. The third-order valence-corrected chi connectivity index (χ3v) is 6.14. The van der Waals surface area contributed by atoms with Crippen LogP contribution < -0.4 is 10.2 Å². The molecule has 5 aromatic rings. The van der Waals surface area contributed by atoms with Crippen LogP contribution in [-0.4, -0.2) is 31.8 Å². The van der Waals surface area contributed by atoms with Crippen molar-refractivity contribution in [3.05, 3.63) is 108 Å². The molecule has 3 aromatic heterocycles. The standard InChI is InChI=1S/C28H26N6O3/c1-2-20-9-11-22(12-10-20)34(26(35)19-33-25-8-4-3-7-24(25)31-32-33)27(21-13-15-29-16-14-21)28(36)30-18-23-6-5-17-37-23/h3-17,27H,2,18-19H2,1H3,(H,30,36). The lowest BCUT2D eigenvalue weighted by atomic mass is 10.0. The number of aromatic nitrogens is 4. The predicted molar refractivity (Wildman–Crippen MR) is 138 cm³/mol. The Morgan fingerprint density at radius 2 is 1.78 bits per heavy atom. The van der Waals surface area contributed by atoms with Crippen LogP contribution in [0.5, 0.6) is 0 Å². The second-order valence-corrected chi connectivity index (χ2v) is 8.50. The highest BCUT2D eigenvalue weighted by Crippen LogP contribution is 2.29. The van der Waals surface area contributed by atoms with E-state index in [2.05, 4.69) is 27.5 Å². The van der Waals surface area contributed by atoms with E-state index in [1.165, 1.54) is 4.90 Å². The first-order valence-corrected chi connectivity index (χ1v) is 12.0. The number of nitrogens with one attached hydrogen (secondary N) is 1. The normalized spacial score (nSPS) is 11.8. The molecule has 0 saturated heterocycles. The van der Waals surface area contributed by atoms with Gasteiger partial charge in [-0.3, -0.25) is 19.5 Å². The van der Waals surface area contributed by atoms with Crippen LogP contribution in [0.2, 0.25) is 0 Å². The number of aryl methyl sites for hydroxylation is 1. The van der Waals surface area contributed by atoms with Gasteiger partial charge in [-0.05, 0) is 66.1 Å². The zero-order chi connectivity index (χ0) is 25.6. The number of rotatable bonds is 9. The largest absolute Gasteiger partial charge is 0.467 e. The molecule has 5 rings (SSSR count). The van der Waals surface area contributed by atoms with Gasteiger partial charge in [-0.2, -0.15) is 0 Å². The van der Waals surface area contributed by atoms with Crippen molar-refractivity contribution in [3.8, 4) is 0 Å². The van der Waals surface area contributed by atoms with E-state index < -0.39 is 6.04 Å². The molecule has 186 valence electrons. The second kappa shape index (κ2) is 10.9. The van der Waals surface area contributed by atoms with E-state index >= 15 is 0 Å². The maximum atomic E-state index is 14.0. The molecule has 9 nitrogen and oxygen atoms in total. The smallest absolute Gasteiger partial charge is 0.249 e. The van der Waals surface area contributed by atoms with E-state index in [9.17, 15) is 9.59 Å². The molecular formula is C28H26N6O3. The van der Waals surface area contributed by atoms with Gasteiger partial charge in [0.25, 0.3) is 0 Å². The van der Waals surface area contributed by atoms with Crippen LogP contribution in [0.25, 0.3) is 11.0 Å². The lowest BCUT2D eigenvalue weighted by Gasteiger charge is -2.31. The molecule has 2 amide bonds. The van der Waals surface area contributed by atoms with Crippen molar-refractivity contribution < 1.29 is 14.0 Å². The Hall–Kier alpha value is -4.79. The van der Waals surface area contributed by atoms with E-state index in [0.717, 1.165) is 17.5 Å². The Labute approximate surface area is 213 Å². The fraction of sp³-hybridized carbons (Fsp3) is 0.179. The number of pyridine rings is 1. The number of benzene rings is 2. The van der Waals surface area contributed by atoms with Crippen LogP contribution in [0.4, 0.5) is 5.69 Å². The van der Waals surface area contributed by atoms with E-state index in [1.54, 1.807) is 47.6 Å². The minimum atomic E-state index is -0.951. The number of hydrogen-bond donors (Lipinski definition) is 1. The zero-order valence-corrected chi connectivity index (χ0v) is 20.3. The highest BCUT2D eigenvalue weighted by molar-refractivity contribution is 6.01. The quantitative estimate of drug-likeness (QED) is 0.331. The summed E-state index contributed by atoms with van der Waals surface area (Å²) >= 11 is 0. The predicted octanol–water partition coefficient (Wildman–Crippen LogP) is 4.07. The number of amides is 2. The van der Waals surface area contributed by atoms with Crippen molar-refractivity contribution in [2.24, 2.45) is 0 Å². The molecule has 2 aromatic carbocycles. The fourth-order valence-corrected chi connectivity index (χ4v) is 4.22. The summed E-state index contributed by atoms with van der Waals surface area (Å²) in [7, 11) is 0. The molecular weight excluding hydrogens is 468 g/mol. The van der Waals surface area contributed by atoms with Crippen LogP contribution in [0.3, 0.4) is 0 Å². The van der Waals surface area contributed by atoms with Crippen molar-refractivity contribution >= 4 is 28.5 Å². The summed E-state index contributed by atoms with van der Waals surface area (Å²) in [6, 6.07) is 21.2. The molecule has 0 radical (unpaired) electrons. The highest BCUT2D eigenvalue weighted by Gasteiger charge is 2.33. The topological polar surface area (TPSA) is 106 Å². The van der Waals surface area contributed by atoms with Gasteiger partial charge in [0.2, 0.25) is 11.8 Å². The SMILES string of the molecule is CCc1ccc(N(C(=O)Cn2nnc3ccccc32)C(C(=O)NCc2ccco2)c2ccncc2)cc1. The van der Waals surface area contributed by atoms with E-state index in [0.29, 0.717) is 22.5 Å². The first-order chi connectivity index (χ1) is 18.1. The summed E-state index contributed by atoms with van der Waals surface area (Å²) in [6.45, 7) is 2.16. The molecule has 0 fully saturated rings. The second-order valence-electron chi connectivity index (χ2n) is 8.50. The van der Waals surface area contributed by atoms with Crippen molar-refractivity contribution in [3.63, 3.8) is 0 Å². The first kappa shape index (κ1) is 23.9. The third-order valence-electron chi connectivity index (χ3n) is 6.14. The summed E-state index contributed by atoms with van der Waals surface area (Å²) in [5.41, 5.74) is 3.78. The van der Waals surface area contributed by atoms with Gasteiger partial charge in [0, 0.05) is 18.1 Å². The molecule has 0 spiro atoms. The van der Waals surface area contributed by atoms with Gasteiger partial charge in [-0.1, -0.05) is 36.4 Å². The Morgan fingerprint density at radius 3 is 2.51 bits per heavy atom. The number of anilines is 1. The number of carbonyl (C=O) groups is 2. The molecule has 9 heteroatoms. The number of carbonyl (C=O) groups excluding carboxylic acids is 2. The number of fused-ring (bicyclic) bond motifs is 1. The molecule has 0 aliphatic heterocycles. The summed E-state index contributed by atoms with van der Waals surface area (Å²) in [5, 5.41) is 11.3. The molecule has 0 aliphatic carbocycles. The maximum Gasteiger partial charge on any atom is 0.249 e. The van der Waals surface area contributed by atoms with Gasteiger partial charge >= 0.3 is 0 Å². The van der Waals surface area contributed by atoms with Crippen LogP contribution >= 0.6 is 0 Å². The summed E-state index contributed by atoms with van der Waals surface area (Å²) in [6.07, 6.45) is 5.62. The molecule has 1 atom stereocenters. The minimum Gasteiger partial charge on any atom is -0.467 e. The lowest BCUT2D eigenvalue weighted by molar-refractivity contribution is -0.127. The Kier molecular flexibility index (Phi) is 7.02. The highest BCUT2D eigenvalue weighted by atomic mass is 16.3. The molecule has 1 N–H and O–H groups in total. The number of nitrogens with zero attached hydrogens (tertiary/aromatic N) is 5. The third kappa shape index (κ3) is 5.25. The Morgan fingerprint density at radius 1 is 1.00 bits per heavy atom.